The van der Waals surface area contributed by atoms with E-state index in [9.17, 15) is 4.79 Å². The van der Waals surface area contributed by atoms with Crippen LogP contribution in [0, 0.1) is 6.92 Å². The number of hydrogen-bond donors (Lipinski definition) is 1. The topological polar surface area (TPSA) is 68.0 Å². The van der Waals surface area contributed by atoms with Crippen molar-refractivity contribution >= 4 is 23.7 Å². The van der Waals surface area contributed by atoms with Gasteiger partial charge in [-0.1, -0.05) is 41.0 Å². The number of carbonyl (C=O) groups is 1. The summed E-state index contributed by atoms with van der Waals surface area (Å²) in [6, 6.07) is 18.1. The summed E-state index contributed by atoms with van der Waals surface area (Å²) in [4.78, 5) is 13.2. The summed E-state index contributed by atoms with van der Waals surface area (Å²) in [6.07, 6.45) is 1.20. The van der Waals surface area contributed by atoms with Crippen LogP contribution in [0.4, 0.5) is 6.01 Å². The maximum absolute atomic E-state index is 12.0. The summed E-state index contributed by atoms with van der Waals surface area (Å²) in [5.74, 6) is 1.17. The highest BCUT2D eigenvalue weighted by atomic mass is 32.2. The fourth-order valence-corrected chi connectivity index (χ4v) is 3.08. The molecule has 0 bridgehead atoms. The summed E-state index contributed by atoms with van der Waals surface area (Å²) in [7, 11) is 0. The van der Waals surface area contributed by atoms with E-state index < -0.39 is 0 Å². The van der Waals surface area contributed by atoms with Crippen molar-refractivity contribution in [2.24, 2.45) is 0 Å². The number of nitrogens with zero attached hydrogens (tertiary/aromatic N) is 2. The largest absolute Gasteiger partial charge is 0.403 e. The van der Waals surface area contributed by atoms with Gasteiger partial charge in [-0.3, -0.25) is 10.1 Å². The molecular formula is C19H19N3O2S. The predicted octanol–water partition coefficient (Wildman–Crippen LogP) is 4.56. The van der Waals surface area contributed by atoms with E-state index in [0.717, 1.165) is 23.3 Å². The number of rotatable bonds is 7. The molecule has 3 aromatic rings. The second kappa shape index (κ2) is 8.48. The molecule has 3 rings (SSSR count). The van der Waals surface area contributed by atoms with Gasteiger partial charge in [-0.05, 0) is 43.4 Å². The Balaban J connectivity index is 1.44. The Hall–Kier alpha value is -2.60. The summed E-state index contributed by atoms with van der Waals surface area (Å²) in [6.45, 7) is 2.01. The Bertz CT molecular complexity index is 816. The van der Waals surface area contributed by atoms with Crippen LogP contribution in [0.3, 0.4) is 0 Å². The average Bonchev–Trinajstić information content (AvgIpc) is 3.09. The third-order valence-electron chi connectivity index (χ3n) is 3.53. The highest BCUT2D eigenvalue weighted by Gasteiger charge is 2.11. The van der Waals surface area contributed by atoms with Crippen LogP contribution in [-0.2, 0) is 4.79 Å². The zero-order valence-electron chi connectivity index (χ0n) is 13.9. The van der Waals surface area contributed by atoms with Gasteiger partial charge in [-0.25, -0.2) is 0 Å². The van der Waals surface area contributed by atoms with Crippen LogP contribution in [-0.4, -0.2) is 21.9 Å². The van der Waals surface area contributed by atoms with E-state index in [1.54, 1.807) is 11.8 Å². The van der Waals surface area contributed by atoms with Crippen LogP contribution in [0.2, 0.25) is 0 Å². The Morgan fingerprint density at radius 3 is 2.60 bits per heavy atom. The molecule has 0 aliphatic heterocycles. The second-order valence-electron chi connectivity index (χ2n) is 5.59. The number of benzene rings is 2. The molecule has 2 aromatic carbocycles. The minimum atomic E-state index is -0.118. The van der Waals surface area contributed by atoms with Crippen LogP contribution >= 0.6 is 11.8 Å². The van der Waals surface area contributed by atoms with E-state index in [1.807, 2.05) is 49.4 Å². The average molecular weight is 353 g/mol. The van der Waals surface area contributed by atoms with Gasteiger partial charge in [0.25, 0.3) is 0 Å². The molecule has 0 radical (unpaired) electrons. The molecule has 128 valence electrons. The summed E-state index contributed by atoms with van der Waals surface area (Å²) in [5, 5.41) is 10.5. The molecule has 1 heterocycles. The first-order valence-electron chi connectivity index (χ1n) is 8.09. The van der Waals surface area contributed by atoms with Gasteiger partial charge in [0, 0.05) is 16.9 Å². The molecule has 1 aromatic heterocycles. The molecule has 0 saturated carbocycles. The number of amides is 1. The normalized spacial score (nSPS) is 10.6. The SMILES string of the molecule is Cc1ccc(-c2nnc(NC(=O)CCCSc3ccccc3)o2)cc1. The third kappa shape index (κ3) is 5.19. The molecule has 0 fully saturated rings. The number of aryl methyl sites for hydroxylation is 1. The Labute approximate surface area is 150 Å². The van der Waals surface area contributed by atoms with E-state index in [4.69, 9.17) is 4.42 Å². The van der Waals surface area contributed by atoms with Crippen molar-refractivity contribution < 1.29 is 9.21 Å². The lowest BCUT2D eigenvalue weighted by atomic mass is 10.1. The van der Waals surface area contributed by atoms with Crippen molar-refractivity contribution in [1.29, 1.82) is 0 Å². The molecule has 0 spiro atoms. The number of anilines is 1. The van der Waals surface area contributed by atoms with Crippen molar-refractivity contribution in [3.63, 3.8) is 0 Å². The molecule has 0 unspecified atom stereocenters. The van der Waals surface area contributed by atoms with Crippen LogP contribution in [0.25, 0.3) is 11.5 Å². The van der Waals surface area contributed by atoms with Gasteiger partial charge >= 0.3 is 6.01 Å². The number of thioether (sulfide) groups is 1. The Morgan fingerprint density at radius 2 is 1.84 bits per heavy atom. The molecule has 0 aliphatic carbocycles. The fraction of sp³-hybridized carbons (Fsp3) is 0.211. The first kappa shape index (κ1) is 17.2. The molecule has 25 heavy (non-hydrogen) atoms. The molecule has 1 amide bonds. The van der Waals surface area contributed by atoms with Crippen molar-refractivity contribution in [2.75, 3.05) is 11.1 Å². The molecule has 5 nitrogen and oxygen atoms in total. The number of aromatic nitrogens is 2. The Kier molecular flexibility index (Phi) is 5.85. The number of nitrogens with one attached hydrogen (secondary N) is 1. The molecule has 0 aliphatic rings. The van der Waals surface area contributed by atoms with Gasteiger partial charge in [0.2, 0.25) is 11.8 Å². The van der Waals surface area contributed by atoms with Gasteiger partial charge in [-0.2, -0.15) is 0 Å². The van der Waals surface area contributed by atoms with Crippen LogP contribution in [0.15, 0.2) is 63.9 Å². The van der Waals surface area contributed by atoms with E-state index >= 15 is 0 Å². The lowest BCUT2D eigenvalue weighted by molar-refractivity contribution is -0.116. The minimum Gasteiger partial charge on any atom is -0.403 e. The highest BCUT2D eigenvalue weighted by Crippen LogP contribution is 2.21. The summed E-state index contributed by atoms with van der Waals surface area (Å²) >= 11 is 1.74. The summed E-state index contributed by atoms with van der Waals surface area (Å²) < 4.78 is 5.50. The lowest BCUT2D eigenvalue weighted by Crippen LogP contribution is -2.11. The standard InChI is InChI=1S/C19H19N3O2S/c1-14-9-11-15(12-10-14)18-21-22-19(24-18)20-17(23)8-5-13-25-16-6-3-2-4-7-16/h2-4,6-7,9-12H,5,8,13H2,1H3,(H,20,22,23). The molecular weight excluding hydrogens is 334 g/mol. The molecule has 6 heteroatoms. The maximum atomic E-state index is 12.0. The van der Waals surface area contributed by atoms with Crippen LogP contribution in [0.5, 0.6) is 0 Å². The van der Waals surface area contributed by atoms with Crippen LogP contribution < -0.4 is 5.32 Å². The van der Waals surface area contributed by atoms with Crippen molar-refractivity contribution in [2.45, 2.75) is 24.7 Å². The molecule has 0 atom stereocenters. The van der Waals surface area contributed by atoms with Gasteiger partial charge in [0.1, 0.15) is 0 Å². The molecule has 0 saturated heterocycles. The summed E-state index contributed by atoms with van der Waals surface area (Å²) in [5.41, 5.74) is 1.99. The van der Waals surface area contributed by atoms with Gasteiger partial charge in [-0.15, -0.1) is 16.9 Å². The second-order valence-corrected chi connectivity index (χ2v) is 6.76. The highest BCUT2D eigenvalue weighted by molar-refractivity contribution is 7.99. The van der Waals surface area contributed by atoms with Gasteiger partial charge < -0.3 is 4.42 Å². The molecule has 1 N–H and O–H groups in total. The van der Waals surface area contributed by atoms with Crippen molar-refractivity contribution in [1.82, 2.24) is 10.2 Å². The number of carbonyl (C=O) groups excluding carboxylic acids is 1. The van der Waals surface area contributed by atoms with E-state index in [0.29, 0.717) is 12.3 Å². The maximum Gasteiger partial charge on any atom is 0.322 e. The van der Waals surface area contributed by atoms with E-state index in [1.165, 1.54) is 4.90 Å². The Morgan fingerprint density at radius 1 is 1.08 bits per heavy atom. The predicted molar refractivity (Wildman–Crippen MR) is 99.5 cm³/mol. The number of hydrogen-bond acceptors (Lipinski definition) is 5. The third-order valence-corrected chi connectivity index (χ3v) is 4.63. The zero-order valence-corrected chi connectivity index (χ0v) is 14.8. The van der Waals surface area contributed by atoms with E-state index in [-0.39, 0.29) is 11.9 Å². The minimum absolute atomic E-state index is 0.118. The van der Waals surface area contributed by atoms with Crippen molar-refractivity contribution in [3.8, 4) is 11.5 Å². The quantitative estimate of drug-likeness (QED) is 0.498. The van der Waals surface area contributed by atoms with Gasteiger partial charge in [0.05, 0.1) is 0 Å². The van der Waals surface area contributed by atoms with Crippen LogP contribution in [0.1, 0.15) is 18.4 Å². The smallest absolute Gasteiger partial charge is 0.322 e. The lowest BCUT2D eigenvalue weighted by Gasteiger charge is -2.02. The van der Waals surface area contributed by atoms with E-state index in [2.05, 4.69) is 27.6 Å². The first-order valence-corrected chi connectivity index (χ1v) is 9.07. The zero-order chi connectivity index (χ0) is 17.5. The van der Waals surface area contributed by atoms with Crippen molar-refractivity contribution in [3.05, 3.63) is 60.2 Å². The van der Waals surface area contributed by atoms with Gasteiger partial charge in [0.15, 0.2) is 0 Å². The first-order chi connectivity index (χ1) is 12.2. The fourth-order valence-electron chi connectivity index (χ4n) is 2.21. The monoisotopic (exact) mass is 353 g/mol.